The van der Waals surface area contributed by atoms with Gasteiger partial charge in [-0.05, 0) is 31.9 Å². The molecule has 0 saturated carbocycles. The number of nitrogens with one attached hydrogen (secondary N) is 1. The normalized spacial score (nSPS) is 16.1. The largest absolute Gasteiger partial charge is 0.370 e. The highest BCUT2D eigenvalue weighted by atomic mass is 15.3. The van der Waals surface area contributed by atoms with Crippen LogP contribution in [-0.2, 0) is 0 Å². The standard InChI is InChI=1S/C16H22N4/c1-2-17-15-13-9-5-6-10-14(13)18-16(19-15)20-11-7-3-4-8-12-20/h5-6,9-10H,2-4,7-8,11-12H2,1H3,(H,17,18,19). The molecule has 0 spiro atoms. The first-order valence-electron chi connectivity index (χ1n) is 7.64. The molecule has 4 nitrogen and oxygen atoms in total. The number of para-hydroxylation sites is 1. The van der Waals surface area contributed by atoms with Crippen LogP contribution < -0.4 is 10.2 Å². The summed E-state index contributed by atoms with van der Waals surface area (Å²) in [5, 5.41) is 4.47. The van der Waals surface area contributed by atoms with Crippen LogP contribution in [0.2, 0.25) is 0 Å². The van der Waals surface area contributed by atoms with E-state index in [0.717, 1.165) is 42.3 Å². The first kappa shape index (κ1) is 13.2. The van der Waals surface area contributed by atoms with Gasteiger partial charge in [-0.3, -0.25) is 0 Å². The van der Waals surface area contributed by atoms with Gasteiger partial charge in [-0.25, -0.2) is 4.98 Å². The number of anilines is 2. The molecule has 1 saturated heterocycles. The van der Waals surface area contributed by atoms with Crippen molar-refractivity contribution in [1.29, 1.82) is 0 Å². The van der Waals surface area contributed by atoms with Crippen molar-refractivity contribution in [3.8, 4) is 0 Å². The number of aromatic nitrogens is 2. The molecule has 20 heavy (non-hydrogen) atoms. The zero-order valence-corrected chi connectivity index (χ0v) is 12.1. The first-order chi connectivity index (χ1) is 9.88. The highest BCUT2D eigenvalue weighted by Crippen LogP contribution is 2.24. The third-order valence-corrected chi connectivity index (χ3v) is 3.82. The fourth-order valence-electron chi connectivity index (χ4n) is 2.78. The van der Waals surface area contributed by atoms with Crippen LogP contribution in [0, 0.1) is 0 Å². The van der Waals surface area contributed by atoms with Crippen LogP contribution in [0.1, 0.15) is 32.6 Å². The number of nitrogens with zero attached hydrogens (tertiary/aromatic N) is 3. The van der Waals surface area contributed by atoms with Crippen LogP contribution in [0.5, 0.6) is 0 Å². The Morgan fingerprint density at radius 2 is 1.80 bits per heavy atom. The van der Waals surface area contributed by atoms with E-state index in [1.165, 1.54) is 25.7 Å². The van der Waals surface area contributed by atoms with E-state index in [2.05, 4.69) is 29.3 Å². The van der Waals surface area contributed by atoms with Crippen molar-refractivity contribution in [2.45, 2.75) is 32.6 Å². The lowest BCUT2D eigenvalue weighted by Gasteiger charge is -2.21. The lowest BCUT2D eigenvalue weighted by atomic mass is 10.2. The van der Waals surface area contributed by atoms with Gasteiger partial charge in [-0.15, -0.1) is 0 Å². The van der Waals surface area contributed by atoms with Crippen LogP contribution in [0.25, 0.3) is 10.9 Å². The minimum atomic E-state index is 0.875. The van der Waals surface area contributed by atoms with E-state index in [0.29, 0.717) is 0 Å². The van der Waals surface area contributed by atoms with E-state index in [1.807, 2.05) is 12.1 Å². The van der Waals surface area contributed by atoms with Gasteiger partial charge < -0.3 is 10.2 Å². The molecule has 1 N–H and O–H groups in total. The highest BCUT2D eigenvalue weighted by Gasteiger charge is 2.15. The summed E-state index contributed by atoms with van der Waals surface area (Å²) in [6, 6.07) is 8.23. The molecule has 1 aliphatic heterocycles. The maximum atomic E-state index is 4.76. The lowest BCUT2D eigenvalue weighted by Crippen LogP contribution is -2.26. The van der Waals surface area contributed by atoms with Gasteiger partial charge in [-0.1, -0.05) is 25.0 Å². The maximum Gasteiger partial charge on any atom is 0.227 e. The summed E-state index contributed by atoms with van der Waals surface area (Å²) in [6.07, 6.45) is 5.13. The predicted octanol–water partition coefficient (Wildman–Crippen LogP) is 3.44. The Kier molecular flexibility index (Phi) is 4.00. The summed E-state index contributed by atoms with van der Waals surface area (Å²) < 4.78 is 0. The molecule has 0 unspecified atom stereocenters. The minimum Gasteiger partial charge on any atom is -0.370 e. The van der Waals surface area contributed by atoms with Crippen LogP contribution in [0.15, 0.2) is 24.3 Å². The van der Waals surface area contributed by atoms with Gasteiger partial charge in [0.1, 0.15) is 5.82 Å². The number of rotatable bonds is 3. The Morgan fingerprint density at radius 3 is 2.55 bits per heavy atom. The molecule has 0 aliphatic carbocycles. The molecule has 0 atom stereocenters. The molecule has 1 aromatic carbocycles. The number of fused-ring (bicyclic) bond motifs is 1. The second-order valence-corrected chi connectivity index (χ2v) is 5.32. The molecule has 0 amide bonds. The van der Waals surface area contributed by atoms with Gasteiger partial charge >= 0.3 is 0 Å². The monoisotopic (exact) mass is 270 g/mol. The third-order valence-electron chi connectivity index (χ3n) is 3.82. The fourth-order valence-corrected chi connectivity index (χ4v) is 2.78. The van der Waals surface area contributed by atoms with Crippen molar-refractivity contribution >= 4 is 22.7 Å². The van der Waals surface area contributed by atoms with Crippen LogP contribution in [-0.4, -0.2) is 29.6 Å². The number of benzene rings is 1. The SMILES string of the molecule is CCNc1nc(N2CCCCCC2)nc2ccccc12. The van der Waals surface area contributed by atoms with Crippen LogP contribution in [0.4, 0.5) is 11.8 Å². The highest BCUT2D eigenvalue weighted by molar-refractivity contribution is 5.90. The van der Waals surface area contributed by atoms with Crippen molar-refractivity contribution in [3.05, 3.63) is 24.3 Å². The van der Waals surface area contributed by atoms with E-state index < -0.39 is 0 Å². The zero-order chi connectivity index (χ0) is 13.8. The summed E-state index contributed by atoms with van der Waals surface area (Å²) in [7, 11) is 0. The van der Waals surface area contributed by atoms with Crippen LogP contribution in [0.3, 0.4) is 0 Å². The van der Waals surface area contributed by atoms with Crippen molar-refractivity contribution in [3.63, 3.8) is 0 Å². The molecule has 1 aliphatic rings. The van der Waals surface area contributed by atoms with Crippen molar-refractivity contribution in [1.82, 2.24) is 9.97 Å². The average molecular weight is 270 g/mol. The molecule has 2 aromatic rings. The molecule has 0 bridgehead atoms. The molecule has 1 fully saturated rings. The average Bonchev–Trinajstić information content (AvgIpc) is 2.76. The van der Waals surface area contributed by atoms with Crippen molar-refractivity contribution < 1.29 is 0 Å². The second kappa shape index (κ2) is 6.07. The predicted molar refractivity (Wildman–Crippen MR) is 84.4 cm³/mol. The van der Waals surface area contributed by atoms with Crippen LogP contribution >= 0.6 is 0 Å². The van der Waals surface area contributed by atoms with Crippen molar-refractivity contribution in [2.75, 3.05) is 29.9 Å². The Hall–Kier alpha value is -1.84. The summed E-state index contributed by atoms with van der Waals surface area (Å²) in [4.78, 5) is 11.9. The Morgan fingerprint density at radius 1 is 1.05 bits per heavy atom. The molecule has 0 radical (unpaired) electrons. The van der Waals surface area contributed by atoms with Gasteiger partial charge in [-0.2, -0.15) is 4.98 Å². The van der Waals surface area contributed by atoms with Gasteiger partial charge in [0.25, 0.3) is 0 Å². The Balaban J connectivity index is 2.01. The summed E-state index contributed by atoms with van der Waals surface area (Å²) in [5.41, 5.74) is 1.03. The van der Waals surface area contributed by atoms with E-state index >= 15 is 0 Å². The quantitative estimate of drug-likeness (QED) is 0.927. The lowest BCUT2D eigenvalue weighted by molar-refractivity contribution is 0.726. The smallest absolute Gasteiger partial charge is 0.227 e. The van der Waals surface area contributed by atoms with Gasteiger partial charge in [0.05, 0.1) is 5.52 Å². The maximum absolute atomic E-state index is 4.76. The molecule has 106 valence electrons. The molecular formula is C16H22N4. The van der Waals surface area contributed by atoms with E-state index in [9.17, 15) is 0 Å². The van der Waals surface area contributed by atoms with E-state index in [4.69, 9.17) is 9.97 Å². The van der Waals surface area contributed by atoms with Gasteiger partial charge in [0, 0.05) is 25.0 Å². The Bertz CT molecular complexity index is 574. The third kappa shape index (κ3) is 2.69. The minimum absolute atomic E-state index is 0.875. The Labute approximate surface area is 120 Å². The summed E-state index contributed by atoms with van der Waals surface area (Å²) in [5.74, 6) is 1.83. The summed E-state index contributed by atoms with van der Waals surface area (Å²) >= 11 is 0. The summed E-state index contributed by atoms with van der Waals surface area (Å²) in [6.45, 7) is 5.12. The zero-order valence-electron chi connectivity index (χ0n) is 12.1. The molecular weight excluding hydrogens is 248 g/mol. The fraction of sp³-hybridized carbons (Fsp3) is 0.500. The van der Waals surface area contributed by atoms with Gasteiger partial charge in [0.15, 0.2) is 0 Å². The topological polar surface area (TPSA) is 41.1 Å². The first-order valence-corrected chi connectivity index (χ1v) is 7.64. The van der Waals surface area contributed by atoms with Gasteiger partial charge in [0.2, 0.25) is 5.95 Å². The number of hydrogen-bond acceptors (Lipinski definition) is 4. The van der Waals surface area contributed by atoms with E-state index in [1.54, 1.807) is 0 Å². The molecule has 4 heteroatoms. The number of hydrogen-bond donors (Lipinski definition) is 1. The molecule has 2 heterocycles. The van der Waals surface area contributed by atoms with Crippen molar-refractivity contribution in [2.24, 2.45) is 0 Å². The molecule has 3 rings (SSSR count). The molecule has 1 aromatic heterocycles. The second-order valence-electron chi connectivity index (χ2n) is 5.32. The van der Waals surface area contributed by atoms with E-state index in [-0.39, 0.29) is 0 Å².